The van der Waals surface area contributed by atoms with Crippen LogP contribution in [0.4, 0.5) is 0 Å². The van der Waals surface area contributed by atoms with Gasteiger partial charge in [-0.2, -0.15) is 0 Å². The van der Waals surface area contributed by atoms with Gasteiger partial charge in [-0.25, -0.2) is 0 Å². The molecule has 0 radical (unpaired) electrons. The van der Waals surface area contributed by atoms with E-state index in [2.05, 4.69) is 121 Å². The van der Waals surface area contributed by atoms with Crippen molar-refractivity contribution < 1.29 is 0 Å². The Hall–Kier alpha value is -3.60. The predicted octanol–water partition coefficient (Wildman–Crippen LogP) is 7.21. The quantitative estimate of drug-likeness (QED) is 0.432. The van der Waals surface area contributed by atoms with Crippen molar-refractivity contribution in [2.45, 2.75) is 0 Å². The van der Waals surface area contributed by atoms with Crippen LogP contribution >= 0.6 is 0 Å². The van der Waals surface area contributed by atoms with Gasteiger partial charge in [0.05, 0.1) is 0 Å². The van der Waals surface area contributed by atoms with Crippen molar-refractivity contribution >= 4 is 17.7 Å². The summed E-state index contributed by atoms with van der Waals surface area (Å²) < 4.78 is 0. The molecule has 1 aliphatic rings. The highest BCUT2D eigenvalue weighted by Gasteiger charge is 2.18. The van der Waals surface area contributed by atoms with Gasteiger partial charge in [0.1, 0.15) is 0 Å². The lowest BCUT2D eigenvalue weighted by Gasteiger charge is -2.20. The molecule has 0 saturated carbocycles. The molecule has 134 valence electrons. The topological polar surface area (TPSA) is 0 Å². The van der Waals surface area contributed by atoms with E-state index in [0.29, 0.717) is 0 Å². The van der Waals surface area contributed by atoms with Crippen LogP contribution in [0.25, 0.3) is 17.7 Å². The average Bonchev–Trinajstić information content (AvgIpc) is 2.77. The zero-order valence-electron chi connectivity index (χ0n) is 15.7. The van der Waals surface area contributed by atoms with E-state index >= 15 is 0 Å². The van der Waals surface area contributed by atoms with Crippen LogP contribution in [0.1, 0.15) is 16.7 Å². The van der Waals surface area contributed by atoms with Crippen molar-refractivity contribution in [2.75, 3.05) is 0 Å². The highest BCUT2D eigenvalue weighted by atomic mass is 14.2. The third kappa shape index (κ3) is 4.38. The predicted molar refractivity (Wildman–Crippen MR) is 120 cm³/mol. The monoisotopic (exact) mass is 358 g/mol. The van der Waals surface area contributed by atoms with Crippen LogP contribution in [-0.2, 0) is 0 Å². The first-order valence-corrected chi connectivity index (χ1v) is 9.59. The van der Waals surface area contributed by atoms with Crippen LogP contribution in [0.2, 0.25) is 0 Å². The molecular weight excluding hydrogens is 336 g/mol. The molecule has 28 heavy (non-hydrogen) atoms. The fourth-order valence-electron chi connectivity index (χ4n) is 3.38. The van der Waals surface area contributed by atoms with Gasteiger partial charge in [-0.1, -0.05) is 121 Å². The van der Waals surface area contributed by atoms with Crippen LogP contribution in [0.15, 0.2) is 127 Å². The van der Waals surface area contributed by atoms with Gasteiger partial charge in [0.15, 0.2) is 0 Å². The summed E-state index contributed by atoms with van der Waals surface area (Å²) in [7, 11) is 0. The van der Waals surface area contributed by atoms with Gasteiger partial charge >= 0.3 is 0 Å². The summed E-state index contributed by atoms with van der Waals surface area (Å²) in [5, 5.41) is 0. The van der Waals surface area contributed by atoms with E-state index in [4.69, 9.17) is 0 Å². The Morgan fingerprint density at radius 3 is 1.96 bits per heavy atom. The van der Waals surface area contributed by atoms with Crippen LogP contribution in [0.3, 0.4) is 0 Å². The van der Waals surface area contributed by atoms with Gasteiger partial charge in [-0.05, 0) is 28.3 Å². The third-order valence-corrected chi connectivity index (χ3v) is 4.79. The zero-order valence-corrected chi connectivity index (χ0v) is 15.7. The summed E-state index contributed by atoms with van der Waals surface area (Å²) in [4.78, 5) is 0. The summed E-state index contributed by atoms with van der Waals surface area (Å²) in [6, 6.07) is 31.4. The molecule has 0 heteroatoms. The van der Waals surface area contributed by atoms with Crippen molar-refractivity contribution in [1.82, 2.24) is 0 Å². The van der Waals surface area contributed by atoms with Crippen LogP contribution in [-0.4, -0.2) is 0 Å². The molecule has 0 heterocycles. The second-order valence-electron chi connectivity index (χ2n) is 6.76. The molecule has 3 aromatic carbocycles. The second kappa shape index (κ2) is 8.86. The Balaban J connectivity index is 1.81. The number of allylic oxidation sites excluding steroid dienone is 6. The van der Waals surface area contributed by atoms with Crippen molar-refractivity contribution in [3.63, 3.8) is 0 Å². The fourth-order valence-corrected chi connectivity index (χ4v) is 3.38. The van der Waals surface area contributed by atoms with E-state index in [1.807, 2.05) is 12.1 Å². The third-order valence-electron chi connectivity index (χ3n) is 4.79. The molecule has 0 nitrogen and oxygen atoms in total. The lowest BCUT2D eigenvalue weighted by molar-refractivity contribution is 1.03. The van der Waals surface area contributed by atoms with Gasteiger partial charge in [0, 0.05) is 11.5 Å². The summed E-state index contributed by atoms with van der Waals surface area (Å²) in [6.45, 7) is 0. The van der Waals surface area contributed by atoms with E-state index < -0.39 is 0 Å². The molecule has 3 aromatic rings. The zero-order chi connectivity index (χ0) is 19.0. The fraction of sp³-hybridized carbons (Fsp3) is 0.0357. The van der Waals surface area contributed by atoms with Crippen molar-refractivity contribution in [3.8, 4) is 0 Å². The maximum Gasteiger partial charge on any atom is 0.0352 e. The van der Waals surface area contributed by atoms with Crippen molar-refractivity contribution in [2.24, 2.45) is 5.92 Å². The van der Waals surface area contributed by atoms with Crippen molar-refractivity contribution in [1.29, 1.82) is 0 Å². The highest BCUT2D eigenvalue weighted by molar-refractivity contribution is 5.77. The van der Waals surface area contributed by atoms with E-state index in [1.165, 1.54) is 22.3 Å². The SMILES string of the molecule is C(=Cc1ccccc1)=C(c1ccccc1)C1C=CC=CC1=Cc1ccccc1. The number of hydrogen-bond acceptors (Lipinski definition) is 0. The molecular formula is C28H22. The van der Waals surface area contributed by atoms with E-state index in [1.54, 1.807) is 0 Å². The van der Waals surface area contributed by atoms with Gasteiger partial charge in [0.25, 0.3) is 0 Å². The minimum absolute atomic E-state index is 0.160. The molecule has 0 aliphatic heterocycles. The Bertz CT molecular complexity index is 1060. The number of hydrogen-bond donors (Lipinski definition) is 0. The minimum Gasteiger partial charge on any atom is -0.115 e. The summed E-state index contributed by atoms with van der Waals surface area (Å²) in [6.07, 6.45) is 13.0. The van der Waals surface area contributed by atoms with Gasteiger partial charge in [-0.15, -0.1) is 5.73 Å². The normalized spacial score (nSPS) is 16.6. The molecule has 4 rings (SSSR count). The van der Waals surface area contributed by atoms with Crippen LogP contribution in [0.5, 0.6) is 0 Å². The summed E-state index contributed by atoms with van der Waals surface area (Å²) in [5.74, 6) is 0.160. The molecule has 0 bridgehead atoms. The van der Waals surface area contributed by atoms with E-state index in [-0.39, 0.29) is 5.92 Å². The van der Waals surface area contributed by atoms with E-state index in [9.17, 15) is 0 Å². The van der Waals surface area contributed by atoms with Gasteiger partial charge < -0.3 is 0 Å². The maximum absolute atomic E-state index is 3.60. The largest absolute Gasteiger partial charge is 0.115 e. The molecule has 0 amide bonds. The highest BCUT2D eigenvalue weighted by Crippen LogP contribution is 2.33. The molecule has 0 spiro atoms. The lowest BCUT2D eigenvalue weighted by Crippen LogP contribution is -2.05. The van der Waals surface area contributed by atoms with Gasteiger partial charge in [0.2, 0.25) is 0 Å². The molecule has 0 saturated heterocycles. The average molecular weight is 358 g/mol. The first-order valence-electron chi connectivity index (χ1n) is 9.59. The Morgan fingerprint density at radius 1 is 0.679 bits per heavy atom. The van der Waals surface area contributed by atoms with Crippen molar-refractivity contribution in [3.05, 3.63) is 143 Å². The minimum atomic E-state index is 0.160. The van der Waals surface area contributed by atoms with E-state index in [0.717, 1.165) is 5.56 Å². The first kappa shape index (κ1) is 17.8. The van der Waals surface area contributed by atoms with Crippen LogP contribution < -0.4 is 0 Å². The van der Waals surface area contributed by atoms with Gasteiger partial charge in [-0.3, -0.25) is 0 Å². The Labute approximate surface area is 167 Å². The molecule has 1 atom stereocenters. The Morgan fingerprint density at radius 2 is 1.29 bits per heavy atom. The number of rotatable bonds is 4. The number of benzene rings is 3. The maximum atomic E-state index is 3.60. The summed E-state index contributed by atoms with van der Waals surface area (Å²) >= 11 is 0. The lowest BCUT2D eigenvalue weighted by atomic mass is 9.83. The summed E-state index contributed by atoms with van der Waals surface area (Å²) in [5.41, 5.74) is 9.60. The second-order valence-corrected chi connectivity index (χ2v) is 6.76. The molecule has 0 fully saturated rings. The first-order chi connectivity index (χ1) is 13.9. The molecule has 1 aliphatic carbocycles. The molecule has 1 unspecified atom stereocenters. The molecule has 0 aromatic heterocycles. The standard InChI is InChI=1S/C28H22/c1-4-12-23(13-5-1)20-21-28(25-16-8-3-9-17-25)27-19-11-10-18-26(27)22-24-14-6-2-7-15-24/h1-20,22,27H. The Kier molecular flexibility index (Phi) is 5.63. The smallest absolute Gasteiger partial charge is 0.0352 e. The molecule has 0 N–H and O–H groups in total. The van der Waals surface area contributed by atoms with Crippen LogP contribution in [0, 0.1) is 5.92 Å².